The van der Waals surface area contributed by atoms with Crippen LogP contribution in [0.1, 0.15) is 81.9 Å². The van der Waals surface area contributed by atoms with Gasteiger partial charge in [0.15, 0.2) is 0 Å². The van der Waals surface area contributed by atoms with Crippen LogP contribution in [-0.2, 0) is 11.2 Å². The van der Waals surface area contributed by atoms with Crippen LogP contribution >= 0.6 is 0 Å². The van der Waals surface area contributed by atoms with Crippen molar-refractivity contribution < 1.29 is 9.59 Å². The van der Waals surface area contributed by atoms with Crippen molar-refractivity contribution in [2.45, 2.75) is 96.4 Å². The lowest BCUT2D eigenvalue weighted by Gasteiger charge is -2.50. The molecule has 1 saturated carbocycles. The standard InChI is InChI=1S/C27H36N4O2/c1-18(2)31-21(14-15-28-31)26(33)30-23-17-27(4)24(12-8-9-13-25(27)30)29(19(3)32)22(23)16-20-10-6-5-7-11-20/h5-7,10-11,14-15,18,22-25H,8-9,12-13,16-17H2,1-4H3/t22-,23+,24-,25+,27-/m1/s1. The molecule has 5 rings (SSSR count). The Bertz CT molecular complexity index is 1030. The minimum absolute atomic E-state index is 0.00885. The van der Waals surface area contributed by atoms with Gasteiger partial charge in [-0.25, -0.2) is 0 Å². The van der Waals surface area contributed by atoms with E-state index in [1.54, 1.807) is 13.1 Å². The molecule has 0 N–H and O–H groups in total. The number of carbonyl (C=O) groups is 2. The molecule has 0 spiro atoms. The molecule has 0 unspecified atom stereocenters. The van der Waals surface area contributed by atoms with E-state index in [-0.39, 0.29) is 47.4 Å². The maximum atomic E-state index is 14.2. The molecular formula is C27H36N4O2. The summed E-state index contributed by atoms with van der Waals surface area (Å²) in [5, 5.41) is 4.44. The predicted molar refractivity (Wildman–Crippen MR) is 128 cm³/mol. The molecule has 2 aromatic rings. The smallest absolute Gasteiger partial charge is 0.272 e. The fraction of sp³-hybridized carbons (Fsp3) is 0.593. The van der Waals surface area contributed by atoms with E-state index in [1.807, 2.05) is 16.8 Å². The second kappa shape index (κ2) is 8.30. The molecule has 0 radical (unpaired) electrons. The van der Waals surface area contributed by atoms with Crippen LogP contribution in [0.5, 0.6) is 0 Å². The Labute approximate surface area is 196 Å². The molecule has 2 amide bonds. The van der Waals surface area contributed by atoms with Crippen LogP contribution in [0.3, 0.4) is 0 Å². The normalized spacial score (nSPS) is 31.1. The summed E-state index contributed by atoms with van der Waals surface area (Å²) in [7, 11) is 0. The number of fused-ring (bicyclic) bond motifs is 1. The van der Waals surface area contributed by atoms with Crippen molar-refractivity contribution in [3.8, 4) is 0 Å². The Balaban J connectivity index is 1.61. The molecule has 1 aliphatic carbocycles. The Morgan fingerprint density at radius 1 is 1.06 bits per heavy atom. The van der Waals surface area contributed by atoms with Gasteiger partial charge in [-0.3, -0.25) is 14.3 Å². The summed E-state index contributed by atoms with van der Waals surface area (Å²) in [5.74, 6) is 0.211. The van der Waals surface area contributed by atoms with Crippen LogP contribution in [0.4, 0.5) is 0 Å². The van der Waals surface area contributed by atoms with Crippen molar-refractivity contribution >= 4 is 11.8 Å². The monoisotopic (exact) mass is 448 g/mol. The lowest BCUT2D eigenvalue weighted by atomic mass is 9.69. The maximum absolute atomic E-state index is 14.2. The van der Waals surface area contributed by atoms with Gasteiger partial charge in [0.1, 0.15) is 5.69 Å². The number of aromatic nitrogens is 2. The number of hydrogen-bond donors (Lipinski definition) is 0. The number of piperidine rings is 1. The van der Waals surface area contributed by atoms with Crippen LogP contribution in [0, 0.1) is 5.41 Å². The zero-order chi connectivity index (χ0) is 23.3. The molecular weight excluding hydrogens is 412 g/mol. The lowest BCUT2D eigenvalue weighted by molar-refractivity contribution is -0.141. The van der Waals surface area contributed by atoms with Crippen LogP contribution in [0.25, 0.3) is 0 Å². The zero-order valence-corrected chi connectivity index (χ0v) is 20.3. The van der Waals surface area contributed by atoms with Gasteiger partial charge in [0, 0.05) is 36.7 Å². The summed E-state index contributed by atoms with van der Waals surface area (Å²) in [5.41, 5.74) is 1.81. The summed E-state index contributed by atoms with van der Waals surface area (Å²) in [6, 6.07) is 12.7. The summed E-state index contributed by atoms with van der Waals surface area (Å²) in [6.07, 6.45) is 7.71. The summed E-state index contributed by atoms with van der Waals surface area (Å²) < 4.78 is 1.84. The van der Waals surface area contributed by atoms with Crippen LogP contribution in [-0.4, -0.2) is 55.6 Å². The number of amides is 2. The van der Waals surface area contributed by atoms with Crippen LogP contribution in [0.2, 0.25) is 0 Å². The summed E-state index contributed by atoms with van der Waals surface area (Å²) >= 11 is 0. The van der Waals surface area contributed by atoms with Gasteiger partial charge in [0.05, 0.1) is 12.1 Å². The molecule has 5 atom stereocenters. The largest absolute Gasteiger partial charge is 0.334 e. The second-order valence-electron chi connectivity index (χ2n) is 10.7. The Morgan fingerprint density at radius 3 is 2.36 bits per heavy atom. The number of likely N-dealkylation sites (tertiary alicyclic amines) is 2. The van der Waals surface area contributed by atoms with Crippen molar-refractivity contribution in [1.29, 1.82) is 0 Å². The SMILES string of the molecule is CC(=O)N1[C@H](Cc2ccccc2)[C@@H]2C[C@@]3(C)[C@H](CCCC[C@@H]13)N2C(=O)c1ccnn1C(C)C. The molecule has 176 valence electrons. The second-order valence-corrected chi connectivity index (χ2v) is 10.7. The highest BCUT2D eigenvalue weighted by molar-refractivity contribution is 5.93. The fourth-order valence-corrected chi connectivity index (χ4v) is 7.12. The molecule has 3 fully saturated rings. The minimum atomic E-state index is -0.0711. The molecule has 3 heterocycles. The van der Waals surface area contributed by atoms with Gasteiger partial charge in [0.2, 0.25) is 5.91 Å². The average Bonchev–Trinajstić information content (AvgIpc) is 3.33. The van der Waals surface area contributed by atoms with Crippen molar-refractivity contribution in [3.63, 3.8) is 0 Å². The Morgan fingerprint density at radius 2 is 1.73 bits per heavy atom. The highest BCUT2D eigenvalue weighted by Gasteiger charge is 2.63. The van der Waals surface area contributed by atoms with Gasteiger partial charge in [-0.2, -0.15) is 5.10 Å². The predicted octanol–water partition coefficient (Wildman–Crippen LogP) is 4.47. The number of nitrogens with zero attached hydrogens (tertiary/aromatic N) is 4. The molecule has 2 aliphatic heterocycles. The maximum Gasteiger partial charge on any atom is 0.272 e. The molecule has 2 saturated heterocycles. The van der Waals surface area contributed by atoms with Crippen molar-refractivity contribution in [2.75, 3.05) is 0 Å². The zero-order valence-electron chi connectivity index (χ0n) is 20.3. The Hall–Kier alpha value is -2.63. The van der Waals surface area contributed by atoms with Crippen LogP contribution in [0.15, 0.2) is 42.6 Å². The van der Waals surface area contributed by atoms with E-state index in [9.17, 15) is 9.59 Å². The molecule has 1 aromatic carbocycles. The van der Waals surface area contributed by atoms with Crippen molar-refractivity contribution in [2.24, 2.45) is 5.41 Å². The fourth-order valence-electron chi connectivity index (χ4n) is 7.12. The third-order valence-electron chi connectivity index (χ3n) is 8.47. The molecule has 2 bridgehead atoms. The molecule has 6 heteroatoms. The molecule has 6 nitrogen and oxygen atoms in total. The average molecular weight is 449 g/mol. The van der Waals surface area contributed by atoms with E-state index >= 15 is 0 Å². The van der Waals surface area contributed by atoms with E-state index in [2.05, 4.69) is 59.9 Å². The first-order valence-corrected chi connectivity index (χ1v) is 12.5. The Kier molecular flexibility index (Phi) is 5.58. The van der Waals surface area contributed by atoms with Crippen LogP contribution < -0.4 is 0 Å². The van der Waals surface area contributed by atoms with Gasteiger partial charge in [0.25, 0.3) is 5.91 Å². The molecule has 33 heavy (non-hydrogen) atoms. The number of benzene rings is 1. The van der Waals surface area contributed by atoms with Gasteiger partial charge in [-0.15, -0.1) is 0 Å². The van der Waals surface area contributed by atoms with Crippen molar-refractivity contribution in [3.05, 3.63) is 53.9 Å². The topological polar surface area (TPSA) is 58.4 Å². The lowest BCUT2D eigenvalue weighted by Crippen LogP contribution is -2.61. The highest BCUT2D eigenvalue weighted by Crippen LogP contribution is 2.56. The minimum Gasteiger partial charge on any atom is -0.334 e. The van der Waals surface area contributed by atoms with Gasteiger partial charge in [-0.05, 0) is 51.2 Å². The molecule has 3 aliphatic rings. The third kappa shape index (κ3) is 3.49. The van der Waals surface area contributed by atoms with E-state index in [0.717, 1.165) is 38.5 Å². The number of carbonyl (C=O) groups excluding carboxylic acids is 2. The highest BCUT2D eigenvalue weighted by atomic mass is 16.2. The summed E-state index contributed by atoms with van der Waals surface area (Å²) in [4.78, 5) is 31.7. The van der Waals surface area contributed by atoms with E-state index in [0.29, 0.717) is 5.69 Å². The number of hydrogen-bond acceptors (Lipinski definition) is 3. The summed E-state index contributed by atoms with van der Waals surface area (Å²) in [6.45, 7) is 8.17. The van der Waals surface area contributed by atoms with E-state index < -0.39 is 0 Å². The first-order chi connectivity index (χ1) is 15.8. The van der Waals surface area contributed by atoms with Crippen molar-refractivity contribution in [1.82, 2.24) is 19.6 Å². The first kappa shape index (κ1) is 22.2. The van der Waals surface area contributed by atoms with Gasteiger partial charge < -0.3 is 9.80 Å². The van der Waals surface area contributed by atoms with Gasteiger partial charge in [-0.1, -0.05) is 50.1 Å². The van der Waals surface area contributed by atoms with E-state index in [4.69, 9.17) is 0 Å². The third-order valence-corrected chi connectivity index (χ3v) is 8.47. The number of rotatable bonds is 4. The van der Waals surface area contributed by atoms with E-state index in [1.165, 1.54) is 5.56 Å². The first-order valence-electron chi connectivity index (χ1n) is 12.5. The quantitative estimate of drug-likeness (QED) is 0.693. The van der Waals surface area contributed by atoms with Gasteiger partial charge >= 0.3 is 0 Å². The molecule has 1 aromatic heterocycles.